The highest BCUT2D eigenvalue weighted by Crippen LogP contribution is 2.22. The fourth-order valence-electron chi connectivity index (χ4n) is 1.82. The van der Waals surface area contributed by atoms with Crippen molar-refractivity contribution in [3.05, 3.63) is 22.3 Å². The number of nitrogens with two attached hydrogens (primary N) is 1. The first-order valence-electron chi connectivity index (χ1n) is 5.88. The molecule has 96 valence electrons. The van der Waals surface area contributed by atoms with Gasteiger partial charge in [0, 0.05) is 18.8 Å². The van der Waals surface area contributed by atoms with Gasteiger partial charge in [-0.3, -0.25) is 0 Å². The van der Waals surface area contributed by atoms with Gasteiger partial charge in [0.1, 0.15) is 5.82 Å². The number of pyridine rings is 1. The summed E-state index contributed by atoms with van der Waals surface area (Å²) in [5.74, 6) is 1.16. The number of nitrogens with one attached hydrogen (secondary N) is 1. The lowest BCUT2D eigenvalue weighted by molar-refractivity contribution is 0.407. The van der Waals surface area contributed by atoms with Gasteiger partial charge in [-0.1, -0.05) is 49.9 Å². The summed E-state index contributed by atoms with van der Waals surface area (Å²) in [5.41, 5.74) is 6.11. The van der Waals surface area contributed by atoms with E-state index in [4.69, 9.17) is 28.9 Å². The Labute approximate surface area is 113 Å². The Morgan fingerprint density at radius 2 is 2.00 bits per heavy atom. The Bertz CT molecular complexity index is 354. The molecule has 1 heterocycles. The van der Waals surface area contributed by atoms with Crippen molar-refractivity contribution < 1.29 is 0 Å². The molecule has 1 aromatic rings. The lowest BCUT2D eigenvalue weighted by atomic mass is 9.95. The average Bonchev–Trinajstić information content (AvgIpc) is 2.29. The first-order valence-corrected chi connectivity index (χ1v) is 6.64. The van der Waals surface area contributed by atoms with Crippen molar-refractivity contribution in [3.8, 4) is 0 Å². The van der Waals surface area contributed by atoms with E-state index in [0.717, 1.165) is 12.8 Å². The normalized spacial score (nSPS) is 12.8. The zero-order chi connectivity index (χ0) is 12.8. The molecule has 17 heavy (non-hydrogen) atoms. The quantitative estimate of drug-likeness (QED) is 0.835. The Balaban J connectivity index is 2.55. The fourth-order valence-corrected chi connectivity index (χ4v) is 2.27. The summed E-state index contributed by atoms with van der Waals surface area (Å²) in [4.78, 5) is 4.13. The molecule has 1 rings (SSSR count). The maximum absolute atomic E-state index is 6.11. The molecule has 0 aliphatic rings. The molecule has 0 aliphatic carbocycles. The molecule has 0 saturated carbocycles. The molecule has 1 aromatic heterocycles. The van der Waals surface area contributed by atoms with E-state index in [1.165, 1.54) is 0 Å². The molecule has 3 nitrogen and oxygen atoms in total. The minimum Gasteiger partial charge on any atom is -0.367 e. The van der Waals surface area contributed by atoms with Gasteiger partial charge in [-0.25, -0.2) is 4.98 Å². The fraction of sp³-hybridized carbons (Fsp3) is 0.583. The molecule has 0 aliphatic heterocycles. The van der Waals surface area contributed by atoms with Gasteiger partial charge in [0.05, 0.1) is 10.0 Å². The molecule has 1 unspecified atom stereocenters. The highest BCUT2D eigenvalue weighted by molar-refractivity contribution is 6.35. The van der Waals surface area contributed by atoms with Crippen molar-refractivity contribution in [3.63, 3.8) is 0 Å². The summed E-state index contributed by atoms with van der Waals surface area (Å²) in [6.07, 6.45) is 3.74. The molecule has 1 atom stereocenters. The summed E-state index contributed by atoms with van der Waals surface area (Å²) < 4.78 is 0. The molecular formula is C12H19Cl2N3. The highest BCUT2D eigenvalue weighted by atomic mass is 35.5. The van der Waals surface area contributed by atoms with E-state index in [1.807, 2.05) is 0 Å². The van der Waals surface area contributed by atoms with Gasteiger partial charge in [0.25, 0.3) is 0 Å². The maximum Gasteiger partial charge on any atom is 0.144 e. The molecule has 0 amide bonds. The van der Waals surface area contributed by atoms with E-state index in [2.05, 4.69) is 24.1 Å². The van der Waals surface area contributed by atoms with Crippen LogP contribution in [0.1, 0.15) is 26.7 Å². The van der Waals surface area contributed by atoms with Crippen LogP contribution in [0.5, 0.6) is 0 Å². The van der Waals surface area contributed by atoms with Crippen LogP contribution < -0.4 is 11.1 Å². The predicted molar refractivity (Wildman–Crippen MR) is 74.8 cm³/mol. The summed E-state index contributed by atoms with van der Waals surface area (Å²) in [7, 11) is 0. The standard InChI is InChI=1S/C12H19Cl2N3/c1-3-8(4-2)11(15)7-17-12-10(14)5-9(13)6-16-12/h5-6,8,11H,3-4,7,15H2,1-2H3,(H,16,17). The van der Waals surface area contributed by atoms with E-state index >= 15 is 0 Å². The summed E-state index contributed by atoms with van der Waals surface area (Å²) in [6, 6.07) is 1.78. The van der Waals surface area contributed by atoms with Gasteiger partial charge in [-0.2, -0.15) is 0 Å². The van der Waals surface area contributed by atoms with Crippen molar-refractivity contribution in [2.24, 2.45) is 11.7 Å². The number of anilines is 1. The van der Waals surface area contributed by atoms with Crippen LogP contribution in [0.15, 0.2) is 12.3 Å². The topological polar surface area (TPSA) is 50.9 Å². The van der Waals surface area contributed by atoms with Gasteiger partial charge in [0.15, 0.2) is 0 Å². The van der Waals surface area contributed by atoms with Gasteiger partial charge in [-0.15, -0.1) is 0 Å². The molecule has 0 fully saturated rings. The summed E-state index contributed by atoms with van der Waals surface area (Å²) in [5, 5.41) is 4.22. The van der Waals surface area contributed by atoms with Crippen molar-refractivity contribution in [2.75, 3.05) is 11.9 Å². The average molecular weight is 276 g/mol. The van der Waals surface area contributed by atoms with Crippen LogP contribution in [0.3, 0.4) is 0 Å². The first kappa shape index (κ1) is 14.6. The number of hydrogen-bond donors (Lipinski definition) is 2. The highest BCUT2D eigenvalue weighted by Gasteiger charge is 2.14. The second-order valence-electron chi connectivity index (χ2n) is 4.11. The monoisotopic (exact) mass is 275 g/mol. The van der Waals surface area contributed by atoms with Gasteiger partial charge in [0.2, 0.25) is 0 Å². The summed E-state index contributed by atoms with van der Waals surface area (Å²) >= 11 is 11.8. The molecule has 0 spiro atoms. The largest absolute Gasteiger partial charge is 0.367 e. The van der Waals surface area contributed by atoms with Crippen molar-refractivity contribution in [1.82, 2.24) is 4.98 Å². The molecule has 0 saturated heterocycles. The lowest BCUT2D eigenvalue weighted by Gasteiger charge is -2.21. The predicted octanol–water partition coefficient (Wildman–Crippen LogP) is 3.56. The van der Waals surface area contributed by atoms with Crippen LogP contribution in [0, 0.1) is 5.92 Å². The molecule has 0 radical (unpaired) electrons. The third-order valence-electron chi connectivity index (χ3n) is 2.97. The molecule has 5 heteroatoms. The molecular weight excluding hydrogens is 257 g/mol. The summed E-state index contributed by atoms with van der Waals surface area (Å²) in [6.45, 7) is 4.98. The van der Waals surface area contributed by atoms with E-state index in [-0.39, 0.29) is 6.04 Å². The van der Waals surface area contributed by atoms with Gasteiger partial charge < -0.3 is 11.1 Å². The second-order valence-corrected chi connectivity index (χ2v) is 4.95. The Morgan fingerprint density at radius 3 is 2.53 bits per heavy atom. The van der Waals surface area contributed by atoms with Crippen molar-refractivity contribution in [2.45, 2.75) is 32.7 Å². The van der Waals surface area contributed by atoms with Crippen LogP contribution in [-0.4, -0.2) is 17.6 Å². The zero-order valence-corrected chi connectivity index (χ0v) is 11.7. The number of nitrogens with zero attached hydrogens (tertiary/aromatic N) is 1. The Morgan fingerprint density at radius 1 is 1.35 bits per heavy atom. The first-order chi connectivity index (χ1) is 8.08. The van der Waals surface area contributed by atoms with E-state index in [9.17, 15) is 0 Å². The Kier molecular flexibility index (Phi) is 6.03. The number of aromatic nitrogens is 1. The van der Waals surface area contributed by atoms with Crippen LogP contribution in [0.2, 0.25) is 10.0 Å². The zero-order valence-electron chi connectivity index (χ0n) is 10.2. The van der Waals surface area contributed by atoms with Crippen LogP contribution in [0.25, 0.3) is 0 Å². The van der Waals surface area contributed by atoms with Crippen molar-refractivity contribution in [1.29, 1.82) is 0 Å². The van der Waals surface area contributed by atoms with Crippen molar-refractivity contribution >= 4 is 29.0 Å². The molecule has 0 aromatic carbocycles. The SMILES string of the molecule is CCC(CC)C(N)CNc1ncc(Cl)cc1Cl. The minimum absolute atomic E-state index is 0.110. The Hall–Kier alpha value is -0.510. The number of rotatable bonds is 6. The number of hydrogen-bond acceptors (Lipinski definition) is 3. The third kappa shape index (κ3) is 4.34. The van der Waals surface area contributed by atoms with Crippen LogP contribution in [-0.2, 0) is 0 Å². The third-order valence-corrected chi connectivity index (χ3v) is 3.46. The minimum atomic E-state index is 0.110. The molecule has 3 N–H and O–H groups in total. The van der Waals surface area contributed by atoms with Crippen LogP contribution >= 0.6 is 23.2 Å². The van der Waals surface area contributed by atoms with E-state index in [1.54, 1.807) is 12.3 Å². The molecule has 0 bridgehead atoms. The van der Waals surface area contributed by atoms with Crippen LogP contribution in [0.4, 0.5) is 5.82 Å². The maximum atomic E-state index is 6.11. The van der Waals surface area contributed by atoms with E-state index in [0.29, 0.717) is 28.3 Å². The second kappa shape index (κ2) is 7.04. The smallest absolute Gasteiger partial charge is 0.144 e. The number of halogens is 2. The van der Waals surface area contributed by atoms with Gasteiger partial charge >= 0.3 is 0 Å². The van der Waals surface area contributed by atoms with Gasteiger partial charge in [-0.05, 0) is 12.0 Å². The van der Waals surface area contributed by atoms with E-state index < -0.39 is 0 Å². The lowest BCUT2D eigenvalue weighted by Crippen LogP contribution is -2.36.